The highest BCUT2D eigenvalue weighted by molar-refractivity contribution is 6.04. The summed E-state index contributed by atoms with van der Waals surface area (Å²) in [6, 6.07) is 14.5. The molecule has 0 aliphatic carbocycles. The molecule has 2 amide bonds. The van der Waals surface area contributed by atoms with Gasteiger partial charge in [-0.3, -0.25) is 19.2 Å². The van der Waals surface area contributed by atoms with Crippen molar-refractivity contribution in [2.45, 2.75) is 25.8 Å². The van der Waals surface area contributed by atoms with Crippen LogP contribution in [0.2, 0.25) is 0 Å². The van der Waals surface area contributed by atoms with Crippen molar-refractivity contribution >= 4 is 29.3 Å². The fourth-order valence-electron chi connectivity index (χ4n) is 4.16. The summed E-state index contributed by atoms with van der Waals surface area (Å²) in [5, 5.41) is 0. The van der Waals surface area contributed by atoms with Crippen LogP contribution >= 0.6 is 0 Å². The van der Waals surface area contributed by atoms with Crippen molar-refractivity contribution in [2.24, 2.45) is 5.92 Å². The van der Waals surface area contributed by atoms with Gasteiger partial charge in [-0.15, -0.1) is 0 Å². The largest absolute Gasteiger partial charge is 0.457 e. The van der Waals surface area contributed by atoms with Gasteiger partial charge in [0.1, 0.15) is 0 Å². The van der Waals surface area contributed by atoms with Crippen molar-refractivity contribution in [3.05, 3.63) is 65.2 Å². The normalized spacial score (nSPS) is 18.8. The Balaban J connectivity index is 1.34. The van der Waals surface area contributed by atoms with Gasteiger partial charge in [-0.2, -0.15) is 0 Å². The first-order chi connectivity index (χ1) is 14.8. The van der Waals surface area contributed by atoms with E-state index in [0.717, 1.165) is 16.8 Å². The second kappa shape index (κ2) is 8.34. The standard InChI is InChI=1S/C24H24N2O5/c1-15(16-6-4-3-5-7-16)26-13-19(12-23(26)29)24(30)31-14-21(27)17-8-9-20-18(10-17)11-22(28)25(20)2/h3-10,15,19H,11-14H2,1-2H3/t15-,19-/m1/s1. The van der Waals surface area contributed by atoms with Crippen molar-refractivity contribution in [3.8, 4) is 0 Å². The number of Topliss-reactive ketones (excluding diaryl/α,β-unsaturated/α-hetero) is 1. The van der Waals surface area contributed by atoms with Gasteiger partial charge < -0.3 is 14.5 Å². The molecule has 1 fully saturated rings. The molecule has 7 heteroatoms. The van der Waals surface area contributed by atoms with Crippen LogP contribution in [0.3, 0.4) is 0 Å². The minimum atomic E-state index is -0.585. The molecule has 2 atom stereocenters. The third kappa shape index (κ3) is 4.08. The molecule has 0 bridgehead atoms. The zero-order valence-corrected chi connectivity index (χ0v) is 17.5. The fourth-order valence-corrected chi connectivity index (χ4v) is 4.16. The van der Waals surface area contributed by atoms with E-state index in [-0.39, 0.29) is 49.6 Å². The summed E-state index contributed by atoms with van der Waals surface area (Å²) in [5.74, 6) is -1.58. The number of hydrogen-bond donors (Lipinski definition) is 0. The van der Waals surface area contributed by atoms with Crippen molar-refractivity contribution in [1.82, 2.24) is 4.90 Å². The lowest BCUT2D eigenvalue weighted by Crippen LogP contribution is -2.30. The first kappa shape index (κ1) is 20.8. The number of amides is 2. The Kier molecular flexibility index (Phi) is 5.59. The van der Waals surface area contributed by atoms with Crippen LogP contribution < -0.4 is 4.90 Å². The topological polar surface area (TPSA) is 84.0 Å². The quantitative estimate of drug-likeness (QED) is 0.530. The molecule has 0 radical (unpaired) electrons. The van der Waals surface area contributed by atoms with E-state index in [1.54, 1.807) is 35.0 Å². The van der Waals surface area contributed by atoms with Gasteiger partial charge >= 0.3 is 5.97 Å². The van der Waals surface area contributed by atoms with E-state index < -0.39 is 11.9 Å². The Hall–Kier alpha value is -3.48. The number of carbonyl (C=O) groups excluding carboxylic acids is 4. The number of fused-ring (bicyclic) bond motifs is 1. The maximum absolute atomic E-state index is 12.5. The summed E-state index contributed by atoms with van der Waals surface area (Å²) in [4.78, 5) is 52.5. The second-order valence-corrected chi connectivity index (χ2v) is 8.04. The molecular formula is C24H24N2O5. The van der Waals surface area contributed by atoms with Gasteiger partial charge in [0.2, 0.25) is 11.8 Å². The Bertz CT molecular complexity index is 1050. The van der Waals surface area contributed by atoms with Crippen LogP contribution in [0.4, 0.5) is 5.69 Å². The number of esters is 1. The summed E-state index contributed by atoms with van der Waals surface area (Å²) in [6.45, 7) is 1.82. The first-order valence-corrected chi connectivity index (χ1v) is 10.3. The average Bonchev–Trinajstić information content (AvgIpc) is 3.31. The lowest BCUT2D eigenvalue weighted by molar-refractivity contribution is -0.147. The Labute approximate surface area is 180 Å². The predicted octanol–water partition coefficient (Wildman–Crippen LogP) is 2.54. The molecule has 0 saturated carbocycles. The number of rotatable bonds is 6. The Morgan fingerprint density at radius 3 is 2.58 bits per heavy atom. The SMILES string of the molecule is C[C@H](c1ccccc1)N1C[C@H](C(=O)OCC(=O)c2ccc3c(c2)CC(=O)N3C)CC1=O. The van der Waals surface area contributed by atoms with E-state index >= 15 is 0 Å². The molecule has 2 aliphatic heterocycles. The maximum atomic E-state index is 12.5. The van der Waals surface area contributed by atoms with Crippen LogP contribution in [0.15, 0.2) is 48.5 Å². The van der Waals surface area contributed by atoms with Gasteiger partial charge in [0.15, 0.2) is 12.4 Å². The molecule has 0 aromatic heterocycles. The number of benzene rings is 2. The van der Waals surface area contributed by atoms with E-state index in [9.17, 15) is 19.2 Å². The molecular weight excluding hydrogens is 396 g/mol. The van der Waals surface area contributed by atoms with Gasteiger partial charge in [0, 0.05) is 31.3 Å². The maximum Gasteiger partial charge on any atom is 0.311 e. The number of ether oxygens (including phenoxy) is 1. The van der Waals surface area contributed by atoms with Crippen LogP contribution in [0.5, 0.6) is 0 Å². The number of nitrogens with zero attached hydrogens (tertiary/aromatic N) is 2. The van der Waals surface area contributed by atoms with E-state index in [2.05, 4.69) is 0 Å². The third-order valence-electron chi connectivity index (χ3n) is 6.07. The van der Waals surface area contributed by atoms with Crippen molar-refractivity contribution < 1.29 is 23.9 Å². The zero-order chi connectivity index (χ0) is 22.1. The second-order valence-electron chi connectivity index (χ2n) is 8.04. The van der Waals surface area contributed by atoms with Crippen molar-refractivity contribution in [2.75, 3.05) is 25.1 Å². The molecule has 31 heavy (non-hydrogen) atoms. The third-order valence-corrected chi connectivity index (χ3v) is 6.07. The average molecular weight is 420 g/mol. The van der Waals surface area contributed by atoms with Crippen LogP contribution in [-0.2, 0) is 25.5 Å². The molecule has 2 aromatic carbocycles. The molecule has 2 aliphatic rings. The predicted molar refractivity (Wildman–Crippen MR) is 114 cm³/mol. The van der Waals surface area contributed by atoms with Crippen molar-refractivity contribution in [1.29, 1.82) is 0 Å². The van der Waals surface area contributed by atoms with Crippen molar-refractivity contribution in [3.63, 3.8) is 0 Å². The highest BCUT2D eigenvalue weighted by Crippen LogP contribution is 2.30. The number of carbonyl (C=O) groups is 4. The minimum absolute atomic E-state index is 0.0220. The Morgan fingerprint density at radius 1 is 1.10 bits per heavy atom. The highest BCUT2D eigenvalue weighted by atomic mass is 16.5. The van der Waals surface area contributed by atoms with Crippen LogP contribution in [0.1, 0.15) is 40.9 Å². The molecule has 4 rings (SSSR count). The molecule has 160 valence electrons. The minimum Gasteiger partial charge on any atom is -0.457 e. The molecule has 2 aromatic rings. The van der Waals surface area contributed by atoms with Crippen LogP contribution in [-0.4, -0.2) is 48.7 Å². The lowest BCUT2D eigenvalue weighted by Gasteiger charge is -2.25. The fraction of sp³-hybridized carbons (Fsp3) is 0.333. The summed E-state index contributed by atoms with van der Waals surface area (Å²) in [7, 11) is 1.70. The first-order valence-electron chi connectivity index (χ1n) is 10.3. The number of hydrogen-bond acceptors (Lipinski definition) is 5. The van der Waals surface area contributed by atoms with Gasteiger partial charge in [-0.25, -0.2) is 0 Å². The molecule has 1 saturated heterocycles. The molecule has 0 N–H and O–H groups in total. The molecule has 0 unspecified atom stereocenters. The number of likely N-dealkylation sites (N-methyl/N-ethyl adjacent to an activating group) is 1. The molecule has 0 spiro atoms. The summed E-state index contributed by atoms with van der Waals surface area (Å²) in [6.07, 6.45) is 0.337. The number of ketones is 1. The Morgan fingerprint density at radius 2 is 1.84 bits per heavy atom. The smallest absolute Gasteiger partial charge is 0.311 e. The van der Waals surface area contributed by atoms with E-state index in [0.29, 0.717) is 5.56 Å². The van der Waals surface area contributed by atoms with Crippen LogP contribution in [0.25, 0.3) is 0 Å². The zero-order valence-electron chi connectivity index (χ0n) is 17.5. The lowest BCUT2D eigenvalue weighted by atomic mass is 10.1. The summed E-state index contributed by atoms with van der Waals surface area (Å²) < 4.78 is 5.24. The van der Waals surface area contributed by atoms with E-state index in [1.165, 1.54) is 0 Å². The van der Waals surface area contributed by atoms with Gasteiger partial charge in [0.05, 0.1) is 18.4 Å². The summed E-state index contributed by atoms with van der Waals surface area (Å²) >= 11 is 0. The number of likely N-dealkylation sites (tertiary alicyclic amines) is 1. The summed E-state index contributed by atoms with van der Waals surface area (Å²) in [5.41, 5.74) is 2.98. The van der Waals surface area contributed by atoms with Gasteiger partial charge in [0.25, 0.3) is 0 Å². The van der Waals surface area contributed by atoms with Gasteiger partial charge in [-0.1, -0.05) is 30.3 Å². The number of anilines is 1. The van der Waals surface area contributed by atoms with E-state index in [1.807, 2.05) is 37.3 Å². The van der Waals surface area contributed by atoms with Gasteiger partial charge in [-0.05, 0) is 36.2 Å². The molecule has 2 heterocycles. The van der Waals surface area contributed by atoms with Crippen LogP contribution in [0, 0.1) is 5.92 Å². The monoisotopic (exact) mass is 420 g/mol. The van der Waals surface area contributed by atoms with E-state index in [4.69, 9.17) is 4.74 Å². The highest BCUT2D eigenvalue weighted by Gasteiger charge is 2.38. The molecule has 7 nitrogen and oxygen atoms in total.